The van der Waals surface area contributed by atoms with Gasteiger partial charge in [0.15, 0.2) is 0 Å². The number of benzene rings is 2. The zero-order valence-corrected chi connectivity index (χ0v) is 15.8. The summed E-state index contributed by atoms with van der Waals surface area (Å²) in [6.45, 7) is 9.24. The van der Waals surface area contributed by atoms with Crippen molar-refractivity contribution in [3.05, 3.63) is 59.7 Å². The molecule has 0 spiro atoms. The lowest BCUT2D eigenvalue weighted by atomic mass is 9.82. The highest BCUT2D eigenvalue weighted by atomic mass is 16.5. The molecule has 0 radical (unpaired) electrons. The number of aryl methyl sites for hydroxylation is 1. The van der Waals surface area contributed by atoms with E-state index in [0.717, 1.165) is 23.4 Å². The summed E-state index contributed by atoms with van der Waals surface area (Å²) in [6.07, 6.45) is 2.25. The third-order valence-corrected chi connectivity index (χ3v) is 4.64. The third-order valence-electron chi connectivity index (χ3n) is 4.64. The van der Waals surface area contributed by atoms with E-state index in [1.165, 1.54) is 5.56 Å². The fourth-order valence-corrected chi connectivity index (χ4v) is 2.58. The van der Waals surface area contributed by atoms with Gasteiger partial charge in [-0.2, -0.15) is 0 Å². The molecule has 0 aliphatic carbocycles. The number of nitrogens with one attached hydrogen (secondary N) is 1. The van der Waals surface area contributed by atoms with E-state index in [2.05, 4.69) is 38.2 Å². The van der Waals surface area contributed by atoms with Gasteiger partial charge < -0.3 is 10.1 Å². The number of ether oxygens (including phenoxy) is 1. The number of rotatable bonds is 8. The summed E-state index contributed by atoms with van der Waals surface area (Å²) in [5, 5.41) is 2.92. The van der Waals surface area contributed by atoms with E-state index in [4.69, 9.17) is 4.74 Å². The maximum Gasteiger partial charge on any atom is 0.224 e. The van der Waals surface area contributed by atoms with E-state index in [1.807, 2.05) is 43.3 Å². The quantitative estimate of drug-likeness (QED) is 0.647. The smallest absolute Gasteiger partial charge is 0.224 e. The molecule has 0 saturated carbocycles. The molecular formula is C22H29NO2. The monoisotopic (exact) mass is 339 g/mol. The summed E-state index contributed by atoms with van der Waals surface area (Å²) in [4.78, 5) is 12.0. The van der Waals surface area contributed by atoms with Crippen LogP contribution < -0.4 is 10.1 Å². The van der Waals surface area contributed by atoms with E-state index in [0.29, 0.717) is 19.4 Å². The number of amides is 1. The molecule has 3 nitrogen and oxygen atoms in total. The van der Waals surface area contributed by atoms with Crippen molar-refractivity contribution in [1.29, 1.82) is 0 Å². The molecule has 134 valence electrons. The Kier molecular flexibility index (Phi) is 6.63. The lowest BCUT2D eigenvalue weighted by Crippen LogP contribution is -2.15. The van der Waals surface area contributed by atoms with Crippen LogP contribution in [0.5, 0.6) is 5.75 Å². The summed E-state index contributed by atoms with van der Waals surface area (Å²) >= 11 is 0. The van der Waals surface area contributed by atoms with Gasteiger partial charge in [-0.25, -0.2) is 0 Å². The van der Waals surface area contributed by atoms with E-state index in [-0.39, 0.29) is 11.3 Å². The predicted octanol–water partition coefficient (Wildman–Crippen LogP) is 5.48. The van der Waals surface area contributed by atoms with Gasteiger partial charge in [0.2, 0.25) is 5.91 Å². The average Bonchev–Trinajstić information content (AvgIpc) is 2.59. The third kappa shape index (κ3) is 5.93. The fraction of sp³-hybridized carbons (Fsp3) is 0.409. The molecule has 3 heteroatoms. The molecule has 25 heavy (non-hydrogen) atoms. The molecule has 1 amide bonds. The topological polar surface area (TPSA) is 38.3 Å². The van der Waals surface area contributed by atoms with Crippen molar-refractivity contribution >= 4 is 11.6 Å². The van der Waals surface area contributed by atoms with Crippen LogP contribution in [0.3, 0.4) is 0 Å². The SMILES string of the molecule is CCC(C)(C)c1ccc(OCCCC(=O)Nc2cccc(C)c2)cc1. The van der Waals surface area contributed by atoms with Gasteiger partial charge in [0, 0.05) is 12.1 Å². The van der Waals surface area contributed by atoms with Gasteiger partial charge >= 0.3 is 0 Å². The minimum absolute atomic E-state index is 0.0224. The van der Waals surface area contributed by atoms with Gasteiger partial charge in [0.1, 0.15) is 5.75 Å². The second-order valence-electron chi connectivity index (χ2n) is 7.13. The van der Waals surface area contributed by atoms with Crippen LogP contribution in [0.4, 0.5) is 5.69 Å². The van der Waals surface area contributed by atoms with Crippen molar-refractivity contribution in [2.24, 2.45) is 0 Å². The Morgan fingerprint density at radius 1 is 1.12 bits per heavy atom. The summed E-state index contributed by atoms with van der Waals surface area (Å²) in [7, 11) is 0. The highest BCUT2D eigenvalue weighted by Gasteiger charge is 2.17. The maximum atomic E-state index is 12.0. The fourth-order valence-electron chi connectivity index (χ4n) is 2.58. The Morgan fingerprint density at radius 3 is 2.48 bits per heavy atom. The summed E-state index contributed by atoms with van der Waals surface area (Å²) in [6, 6.07) is 16.1. The highest BCUT2D eigenvalue weighted by molar-refractivity contribution is 5.90. The maximum absolute atomic E-state index is 12.0. The second kappa shape index (κ2) is 8.70. The van der Waals surface area contributed by atoms with Crippen molar-refractivity contribution in [2.75, 3.05) is 11.9 Å². The lowest BCUT2D eigenvalue weighted by molar-refractivity contribution is -0.116. The Morgan fingerprint density at radius 2 is 1.84 bits per heavy atom. The Hall–Kier alpha value is -2.29. The van der Waals surface area contributed by atoms with E-state index < -0.39 is 0 Å². The van der Waals surface area contributed by atoms with E-state index in [9.17, 15) is 4.79 Å². The van der Waals surface area contributed by atoms with Crippen LogP contribution in [0.15, 0.2) is 48.5 Å². The van der Waals surface area contributed by atoms with Gasteiger partial charge in [-0.05, 0) is 60.6 Å². The molecule has 0 atom stereocenters. The van der Waals surface area contributed by atoms with Crippen LogP contribution in [-0.2, 0) is 10.2 Å². The standard InChI is InChI=1S/C22H29NO2/c1-5-22(3,4)18-11-13-20(14-12-18)25-15-7-10-21(24)23-19-9-6-8-17(2)16-19/h6,8-9,11-14,16H,5,7,10,15H2,1-4H3,(H,23,24). The average molecular weight is 339 g/mol. The number of hydrogen-bond donors (Lipinski definition) is 1. The van der Waals surface area contributed by atoms with Gasteiger partial charge in [0.05, 0.1) is 6.61 Å². The molecule has 2 aromatic carbocycles. The number of carbonyl (C=O) groups excluding carboxylic acids is 1. The number of anilines is 1. The van der Waals surface area contributed by atoms with Crippen molar-refractivity contribution in [3.8, 4) is 5.75 Å². The minimum Gasteiger partial charge on any atom is -0.494 e. The first-order chi connectivity index (χ1) is 11.9. The Labute approximate surface area is 151 Å². The zero-order chi connectivity index (χ0) is 18.3. The molecule has 0 bridgehead atoms. The molecule has 2 aromatic rings. The molecule has 0 saturated heterocycles. The summed E-state index contributed by atoms with van der Waals surface area (Å²) < 4.78 is 5.75. The second-order valence-corrected chi connectivity index (χ2v) is 7.13. The van der Waals surface area contributed by atoms with Crippen molar-refractivity contribution in [2.45, 2.75) is 52.4 Å². The summed E-state index contributed by atoms with van der Waals surface area (Å²) in [5.41, 5.74) is 3.49. The largest absolute Gasteiger partial charge is 0.494 e. The van der Waals surface area contributed by atoms with Crippen LogP contribution >= 0.6 is 0 Å². The van der Waals surface area contributed by atoms with Gasteiger partial charge in [-0.3, -0.25) is 4.79 Å². The first-order valence-corrected chi connectivity index (χ1v) is 9.00. The molecule has 0 aromatic heterocycles. The molecule has 0 fully saturated rings. The van der Waals surface area contributed by atoms with Crippen molar-refractivity contribution < 1.29 is 9.53 Å². The van der Waals surface area contributed by atoms with Crippen LogP contribution in [0.2, 0.25) is 0 Å². The number of carbonyl (C=O) groups is 1. The van der Waals surface area contributed by atoms with E-state index in [1.54, 1.807) is 0 Å². The van der Waals surface area contributed by atoms with Crippen LogP contribution in [-0.4, -0.2) is 12.5 Å². The van der Waals surface area contributed by atoms with Gasteiger partial charge in [0.25, 0.3) is 0 Å². The van der Waals surface area contributed by atoms with Gasteiger partial charge in [-0.15, -0.1) is 0 Å². The Bertz CT molecular complexity index is 689. The number of hydrogen-bond acceptors (Lipinski definition) is 2. The predicted molar refractivity (Wildman–Crippen MR) is 104 cm³/mol. The lowest BCUT2D eigenvalue weighted by Gasteiger charge is -2.23. The first-order valence-electron chi connectivity index (χ1n) is 9.00. The molecule has 0 heterocycles. The molecule has 0 unspecified atom stereocenters. The van der Waals surface area contributed by atoms with Gasteiger partial charge in [-0.1, -0.05) is 45.0 Å². The zero-order valence-electron chi connectivity index (χ0n) is 15.8. The summed E-state index contributed by atoms with van der Waals surface area (Å²) in [5.74, 6) is 0.879. The Balaban J connectivity index is 1.73. The molecule has 1 N–H and O–H groups in total. The van der Waals surface area contributed by atoms with Crippen LogP contribution in [0.25, 0.3) is 0 Å². The molecule has 2 rings (SSSR count). The first kappa shape index (κ1) is 19.0. The van der Waals surface area contributed by atoms with Crippen LogP contribution in [0.1, 0.15) is 51.2 Å². The van der Waals surface area contributed by atoms with Crippen LogP contribution in [0, 0.1) is 6.92 Å². The normalized spacial score (nSPS) is 11.2. The highest BCUT2D eigenvalue weighted by Crippen LogP contribution is 2.28. The molecular weight excluding hydrogens is 310 g/mol. The molecule has 0 aliphatic rings. The molecule has 0 aliphatic heterocycles. The van der Waals surface area contributed by atoms with Crippen molar-refractivity contribution in [3.63, 3.8) is 0 Å². The van der Waals surface area contributed by atoms with E-state index >= 15 is 0 Å². The minimum atomic E-state index is 0.0224. The van der Waals surface area contributed by atoms with Crippen molar-refractivity contribution in [1.82, 2.24) is 0 Å².